The van der Waals surface area contributed by atoms with E-state index in [0.717, 1.165) is 11.1 Å². The van der Waals surface area contributed by atoms with E-state index in [0.29, 0.717) is 23.6 Å². The van der Waals surface area contributed by atoms with Crippen LogP contribution >= 0.6 is 0 Å². The molecule has 5 nitrogen and oxygen atoms in total. The van der Waals surface area contributed by atoms with Crippen molar-refractivity contribution in [1.82, 2.24) is 10.6 Å². The first kappa shape index (κ1) is 22.8. The van der Waals surface area contributed by atoms with Gasteiger partial charge in [0.25, 0.3) is 11.8 Å². The molecule has 5 heteroatoms. The van der Waals surface area contributed by atoms with Gasteiger partial charge in [-0.1, -0.05) is 78.9 Å². The van der Waals surface area contributed by atoms with Gasteiger partial charge in [-0.25, -0.2) is 0 Å². The summed E-state index contributed by atoms with van der Waals surface area (Å²) < 4.78 is 5.61. The first-order chi connectivity index (χ1) is 16.6. The maximum Gasteiger partial charge on any atom is 0.267 e. The Morgan fingerprint density at radius 3 is 1.88 bits per heavy atom. The van der Waals surface area contributed by atoms with Crippen molar-refractivity contribution in [1.29, 1.82) is 0 Å². The van der Waals surface area contributed by atoms with Crippen molar-refractivity contribution >= 4 is 17.9 Å². The summed E-state index contributed by atoms with van der Waals surface area (Å²) in [5.41, 5.74) is 2.76. The zero-order valence-electron chi connectivity index (χ0n) is 18.9. The van der Waals surface area contributed by atoms with Gasteiger partial charge in [-0.15, -0.1) is 0 Å². The Morgan fingerprint density at radius 2 is 1.35 bits per heavy atom. The predicted octanol–water partition coefficient (Wildman–Crippen LogP) is 5.31. The number of rotatable bonds is 8. The fraction of sp³-hybridized carbons (Fsp3) is 0.103. The van der Waals surface area contributed by atoms with Gasteiger partial charge in [-0.2, -0.15) is 0 Å². The number of hydrogen-bond donors (Lipinski definition) is 2. The molecule has 0 spiro atoms. The first-order valence-electron chi connectivity index (χ1n) is 11.1. The minimum Gasteiger partial charge on any atom is -0.462 e. The van der Waals surface area contributed by atoms with Crippen molar-refractivity contribution in [3.8, 4) is 0 Å². The number of nitrogens with one attached hydrogen (secondary N) is 2. The smallest absolute Gasteiger partial charge is 0.267 e. The highest BCUT2D eigenvalue weighted by atomic mass is 16.3. The van der Waals surface area contributed by atoms with Crippen LogP contribution in [0.1, 0.15) is 38.9 Å². The van der Waals surface area contributed by atoms with Crippen molar-refractivity contribution in [2.45, 2.75) is 12.8 Å². The molecule has 1 heterocycles. The molecule has 0 unspecified atom stereocenters. The summed E-state index contributed by atoms with van der Waals surface area (Å²) in [4.78, 5) is 26.0. The molecule has 0 radical (unpaired) electrons. The van der Waals surface area contributed by atoms with E-state index in [2.05, 4.69) is 10.6 Å². The largest absolute Gasteiger partial charge is 0.462 e. The molecular weight excluding hydrogens is 424 g/mol. The Bertz CT molecular complexity index is 1220. The fourth-order valence-corrected chi connectivity index (χ4v) is 3.70. The molecule has 4 rings (SSSR count). The summed E-state index contributed by atoms with van der Waals surface area (Å²) in [5.74, 6) is 0.402. The van der Waals surface area contributed by atoms with E-state index < -0.39 is 5.91 Å². The van der Waals surface area contributed by atoms with E-state index in [1.807, 2.05) is 73.7 Å². The summed E-state index contributed by atoms with van der Waals surface area (Å²) in [6, 6.07) is 32.4. The van der Waals surface area contributed by atoms with Crippen LogP contribution in [-0.2, 0) is 4.79 Å². The van der Waals surface area contributed by atoms with Gasteiger partial charge in [0.15, 0.2) is 0 Å². The van der Waals surface area contributed by atoms with Gasteiger partial charge in [-0.05, 0) is 42.3 Å². The second-order valence-corrected chi connectivity index (χ2v) is 7.91. The highest BCUT2D eigenvalue weighted by Gasteiger charge is 2.19. The molecule has 0 fully saturated rings. The second-order valence-electron chi connectivity index (χ2n) is 7.91. The van der Waals surface area contributed by atoms with E-state index in [9.17, 15) is 9.59 Å². The summed E-state index contributed by atoms with van der Waals surface area (Å²) in [6.45, 7) is 2.19. The Kier molecular flexibility index (Phi) is 7.35. The number of hydrogen-bond acceptors (Lipinski definition) is 3. The lowest BCUT2D eigenvalue weighted by molar-refractivity contribution is -0.117. The van der Waals surface area contributed by atoms with Gasteiger partial charge in [0.1, 0.15) is 17.2 Å². The Hall–Kier alpha value is -4.38. The molecule has 0 aliphatic carbocycles. The zero-order chi connectivity index (χ0) is 23.8. The average Bonchev–Trinajstić information content (AvgIpc) is 3.30. The molecule has 0 aliphatic rings. The zero-order valence-corrected chi connectivity index (χ0v) is 18.9. The van der Waals surface area contributed by atoms with Crippen molar-refractivity contribution < 1.29 is 14.0 Å². The van der Waals surface area contributed by atoms with Crippen LogP contribution in [0.5, 0.6) is 0 Å². The lowest BCUT2D eigenvalue weighted by Gasteiger charge is -2.19. The summed E-state index contributed by atoms with van der Waals surface area (Å²) in [5, 5.41) is 5.74. The number of benzene rings is 3. The van der Waals surface area contributed by atoms with Crippen LogP contribution in [0.4, 0.5) is 0 Å². The molecule has 0 atom stereocenters. The highest BCUT2D eigenvalue weighted by Crippen LogP contribution is 2.24. The van der Waals surface area contributed by atoms with Gasteiger partial charge in [0.05, 0.1) is 0 Å². The van der Waals surface area contributed by atoms with Gasteiger partial charge < -0.3 is 15.1 Å². The molecule has 0 aliphatic heterocycles. The SMILES string of the molecule is Cc1ccc(C=C(NC(=O)c2ccccc2)C(=O)NCC(c2ccccc2)c2ccccc2)o1. The number of furan rings is 1. The molecule has 3 aromatic carbocycles. The van der Waals surface area contributed by atoms with Gasteiger partial charge in [0.2, 0.25) is 0 Å². The van der Waals surface area contributed by atoms with Crippen LogP contribution in [0.25, 0.3) is 6.08 Å². The van der Waals surface area contributed by atoms with Crippen LogP contribution in [0.2, 0.25) is 0 Å². The lowest BCUT2D eigenvalue weighted by Crippen LogP contribution is -2.37. The van der Waals surface area contributed by atoms with Crippen molar-refractivity contribution in [2.75, 3.05) is 6.54 Å². The number of carbonyl (C=O) groups excluding carboxylic acids is 2. The van der Waals surface area contributed by atoms with Crippen molar-refractivity contribution in [3.05, 3.63) is 137 Å². The van der Waals surface area contributed by atoms with Crippen LogP contribution in [0.15, 0.2) is 113 Å². The quantitative estimate of drug-likeness (QED) is 0.358. The monoisotopic (exact) mass is 450 g/mol. The van der Waals surface area contributed by atoms with Crippen molar-refractivity contribution in [3.63, 3.8) is 0 Å². The highest BCUT2D eigenvalue weighted by molar-refractivity contribution is 6.05. The molecule has 1 aromatic heterocycles. The maximum absolute atomic E-state index is 13.3. The molecule has 34 heavy (non-hydrogen) atoms. The molecule has 2 amide bonds. The van der Waals surface area contributed by atoms with Gasteiger partial charge in [-0.3, -0.25) is 9.59 Å². The van der Waals surface area contributed by atoms with E-state index in [-0.39, 0.29) is 17.5 Å². The summed E-state index contributed by atoms with van der Waals surface area (Å²) in [7, 11) is 0. The second kappa shape index (κ2) is 11.0. The molecule has 0 saturated heterocycles. The number of amides is 2. The topological polar surface area (TPSA) is 71.3 Å². The van der Waals surface area contributed by atoms with E-state index in [4.69, 9.17) is 4.42 Å². The number of carbonyl (C=O) groups is 2. The molecule has 0 saturated carbocycles. The average molecular weight is 451 g/mol. The third-order valence-electron chi connectivity index (χ3n) is 5.45. The van der Waals surface area contributed by atoms with Gasteiger partial charge >= 0.3 is 0 Å². The normalized spacial score (nSPS) is 11.3. The predicted molar refractivity (Wildman–Crippen MR) is 133 cm³/mol. The van der Waals surface area contributed by atoms with E-state index in [1.54, 1.807) is 42.5 Å². The molecule has 0 bridgehead atoms. The van der Waals surface area contributed by atoms with Crippen LogP contribution in [0.3, 0.4) is 0 Å². The Labute approximate surface area is 199 Å². The maximum atomic E-state index is 13.3. The number of aryl methyl sites for hydroxylation is 1. The van der Waals surface area contributed by atoms with Crippen LogP contribution in [-0.4, -0.2) is 18.4 Å². The summed E-state index contributed by atoms with van der Waals surface area (Å²) >= 11 is 0. The minimum absolute atomic E-state index is 0.0386. The van der Waals surface area contributed by atoms with E-state index >= 15 is 0 Å². The van der Waals surface area contributed by atoms with Crippen molar-refractivity contribution in [2.24, 2.45) is 0 Å². The molecule has 4 aromatic rings. The first-order valence-corrected chi connectivity index (χ1v) is 11.1. The minimum atomic E-state index is -0.393. The van der Waals surface area contributed by atoms with Crippen LogP contribution < -0.4 is 10.6 Å². The van der Waals surface area contributed by atoms with Gasteiger partial charge in [0, 0.05) is 24.1 Å². The lowest BCUT2D eigenvalue weighted by atomic mass is 9.91. The molecule has 2 N–H and O–H groups in total. The fourth-order valence-electron chi connectivity index (χ4n) is 3.70. The third kappa shape index (κ3) is 5.90. The van der Waals surface area contributed by atoms with Crippen LogP contribution in [0, 0.1) is 6.92 Å². The van der Waals surface area contributed by atoms with E-state index in [1.165, 1.54) is 0 Å². The molecular formula is C29H26N2O3. The Morgan fingerprint density at radius 1 is 0.794 bits per heavy atom. The summed E-state index contributed by atoms with van der Waals surface area (Å²) in [6.07, 6.45) is 1.54. The third-order valence-corrected chi connectivity index (χ3v) is 5.45. The standard InChI is InChI=1S/C29H26N2O3/c1-21-17-18-25(34-21)19-27(31-28(32)24-15-9-4-10-16-24)29(33)30-20-26(22-11-5-2-6-12-22)23-13-7-3-8-14-23/h2-19,26H,20H2,1H3,(H,30,33)(H,31,32). The Balaban J connectivity index is 1.56. The molecule has 170 valence electrons.